The first-order valence-corrected chi connectivity index (χ1v) is 7.45. The van der Waals surface area contributed by atoms with Crippen LogP contribution in [0, 0.1) is 5.92 Å². The highest BCUT2D eigenvalue weighted by molar-refractivity contribution is 4.76. The van der Waals surface area contributed by atoms with Crippen LogP contribution in [0.3, 0.4) is 0 Å². The summed E-state index contributed by atoms with van der Waals surface area (Å²) in [6, 6.07) is 0.537. The van der Waals surface area contributed by atoms with Crippen molar-refractivity contribution >= 4 is 0 Å². The molecule has 2 aliphatic heterocycles. The first-order chi connectivity index (χ1) is 8.74. The Labute approximate surface area is 111 Å². The normalized spacial score (nSPS) is 26.3. The van der Waals surface area contributed by atoms with Gasteiger partial charge in [0.05, 0.1) is 6.10 Å². The molecule has 2 fully saturated rings. The minimum Gasteiger partial charge on any atom is -0.390 e. The second kappa shape index (κ2) is 7.43. The monoisotopic (exact) mass is 256 g/mol. The van der Waals surface area contributed by atoms with Crippen LogP contribution >= 0.6 is 0 Å². The third-order valence-electron chi connectivity index (χ3n) is 4.21. The number of aliphatic hydroxyl groups excluding tert-OH is 1. The van der Waals surface area contributed by atoms with Crippen molar-refractivity contribution < 1.29 is 9.84 Å². The number of β-amino-alcohol motifs (C(OH)–C–C–N with tert-alkyl or cyclic N) is 1. The fraction of sp³-hybridized carbons (Fsp3) is 1.00. The van der Waals surface area contributed by atoms with Gasteiger partial charge in [-0.2, -0.15) is 0 Å². The largest absolute Gasteiger partial charge is 0.390 e. The van der Waals surface area contributed by atoms with Gasteiger partial charge >= 0.3 is 0 Å². The molecule has 0 aromatic heterocycles. The quantitative estimate of drug-likeness (QED) is 0.765. The summed E-state index contributed by atoms with van der Waals surface area (Å²) in [6.45, 7) is 7.88. The summed E-state index contributed by atoms with van der Waals surface area (Å²) in [5, 5.41) is 13.5. The Bertz CT molecular complexity index is 224. The molecule has 2 aliphatic rings. The number of aliphatic hydroxyl groups is 1. The Kier molecular flexibility index (Phi) is 5.89. The van der Waals surface area contributed by atoms with E-state index in [0.717, 1.165) is 58.2 Å². The van der Waals surface area contributed by atoms with Gasteiger partial charge in [-0.25, -0.2) is 0 Å². The third-order valence-corrected chi connectivity index (χ3v) is 4.21. The second-order valence-electron chi connectivity index (χ2n) is 5.93. The SMILES string of the molecule is CC1CCN(CC(O)CNC2CCOCC2)CC1. The summed E-state index contributed by atoms with van der Waals surface area (Å²) in [7, 11) is 0. The number of hydrogen-bond donors (Lipinski definition) is 2. The van der Waals surface area contributed by atoms with Crippen LogP contribution in [0.15, 0.2) is 0 Å². The average Bonchev–Trinajstić information content (AvgIpc) is 2.40. The Hall–Kier alpha value is -0.160. The summed E-state index contributed by atoms with van der Waals surface area (Å²) in [5.41, 5.74) is 0. The predicted molar refractivity (Wildman–Crippen MR) is 72.7 cm³/mol. The minimum absolute atomic E-state index is 0.235. The summed E-state index contributed by atoms with van der Waals surface area (Å²) < 4.78 is 5.33. The van der Waals surface area contributed by atoms with E-state index < -0.39 is 0 Å². The van der Waals surface area contributed by atoms with Gasteiger partial charge in [0.1, 0.15) is 0 Å². The van der Waals surface area contributed by atoms with Gasteiger partial charge < -0.3 is 20.1 Å². The van der Waals surface area contributed by atoms with E-state index in [-0.39, 0.29) is 6.10 Å². The van der Waals surface area contributed by atoms with Crippen molar-refractivity contribution in [2.24, 2.45) is 5.92 Å². The van der Waals surface area contributed by atoms with Gasteiger partial charge in [0.2, 0.25) is 0 Å². The molecule has 2 N–H and O–H groups in total. The fourth-order valence-corrected chi connectivity index (χ4v) is 2.81. The zero-order valence-electron chi connectivity index (χ0n) is 11.6. The van der Waals surface area contributed by atoms with Crippen molar-refractivity contribution in [3.8, 4) is 0 Å². The van der Waals surface area contributed by atoms with Crippen LogP contribution in [0.1, 0.15) is 32.6 Å². The lowest BCUT2D eigenvalue weighted by Crippen LogP contribution is -2.45. The standard InChI is InChI=1S/C14H28N2O2/c1-12-2-6-16(7-3-12)11-14(17)10-15-13-4-8-18-9-5-13/h12-15,17H,2-11H2,1H3. The van der Waals surface area contributed by atoms with Crippen LogP contribution in [-0.2, 0) is 4.74 Å². The molecule has 1 atom stereocenters. The molecule has 0 aromatic carbocycles. The number of nitrogens with one attached hydrogen (secondary N) is 1. The molecule has 18 heavy (non-hydrogen) atoms. The second-order valence-corrected chi connectivity index (χ2v) is 5.93. The average molecular weight is 256 g/mol. The maximum Gasteiger partial charge on any atom is 0.0791 e. The smallest absolute Gasteiger partial charge is 0.0791 e. The first kappa shape index (κ1) is 14.3. The number of piperidine rings is 1. The lowest BCUT2D eigenvalue weighted by Gasteiger charge is -2.32. The molecule has 4 heteroatoms. The highest BCUT2D eigenvalue weighted by Gasteiger charge is 2.19. The maximum atomic E-state index is 10.1. The number of nitrogens with zero attached hydrogens (tertiary/aromatic N) is 1. The van der Waals surface area contributed by atoms with Crippen molar-refractivity contribution in [1.29, 1.82) is 0 Å². The molecule has 0 aromatic rings. The van der Waals surface area contributed by atoms with Gasteiger partial charge in [0, 0.05) is 32.3 Å². The Morgan fingerprint density at radius 3 is 2.56 bits per heavy atom. The summed E-state index contributed by atoms with van der Waals surface area (Å²) in [5.74, 6) is 0.860. The molecule has 0 saturated carbocycles. The number of likely N-dealkylation sites (tertiary alicyclic amines) is 1. The zero-order chi connectivity index (χ0) is 12.8. The molecule has 2 saturated heterocycles. The molecule has 4 nitrogen and oxygen atoms in total. The van der Waals surface area contributed by atoms with Crippen LogP contribution in [-0.4, -0.2) is 61.5 Å². The summed E-state index contributed by atoms with van der Waals surface area (Å²) in [4.78, 5) is 2.40. The van der Waals surface area contributed by atoms with Gasteiger partial charge in [-0.15, -0.1) is 0 Å². The van der Waals surface area contributed by atoms with Crippen LogP contribution < -0.4 is 5.32 Å². The Balaban J connectivity index is 1.58. The molecule has 0 bridgehead atoms. The zero-order valence-corrected chi connectivity index (χ0v) is 11.6. The number of rotatable bonds is 5. The molecule has 2 heterocycles. The molecule has 106 valence electrons. The van der Waals surface area contributed by atoms with Gasteiger partial charge in [0.15, 0.2) is 0 Å². The van der Waals surface area contributed by atoms with E-state index in [0.29, 0.717) is 6.04 Å². The highest BCUT2D eigenvalue weighted by atomic mass is 16.5. The van der Waals surface area contributed by atoms with E-state index in [9.17, 15) is 5.11 Å². The van der Waals surface area contributed by atoms with E-state index in [4.69, 9.17) is 4.74 Å². The lowest BCUT2D eigenvalue weighted by atomic mass is 9.99. The van der Waals surface area contributed by atoms with Crippen molar-refractivity contribution in [3.05, 3.63) is 0 Å². The summed E-state index contributed by atoms with van der Waals surface area (Å²) in [6.07, 6.45) is 4.48. The van der Waals surface area contributed by atoms with Crippen molar-refractivity contribution in [1.82, 2.24) is 10.2 Å². The lowest BCUT2D eigenvalue weighted by molar-refractivity contribution is 0.0630. The van der Waals surface area contributed by atoms with E-state index >= 15 is 0 Å². The molecule has 0 radical (unpaired) electrons. The van der Waals surface area contributed by atoms with Crippen molar-refractivity contribution in [2.75, 3.05) is 39.4 Å². The van der Waals surface area contributed by atoms with E-state index in [1.54, 1.807) is 0 Å². The highest BCUT2D eigenvalue weighted by Crippen LogP contribution is 2.16. The van der Waals surface area contributed by atoms with E-state index in [2.05, 4.69) is 17.1 Å². The van der Waals surface area contributed by atoms with Gasteiger partial charge in [-0.3, -0.25) is 0 Å². The Morgan fingerprint density at radius 2 is 1.89 bits per heavy atom. The number of ether oxygens (including phenoxy) is 1. The topological polar surface area (TPSA) is 44.7 Å². The molecule has 0 aliphatic carbocycles. The number of hydrogen-bond acceptors (Lipinski definition) is 4. The van der Waals surface area contributed by atoms with Crippen LogP contribution in [0.2, 0.25) is 0 Å². The van der Waals surface area contributed by atoms with Crippen molar-refractivity contribution in [3.63, 3.8) is 0 Å². The van der Waals surface area contributed by atoms with Crippen molar-refractivity contribution in [2.45, 2.75) is 44.8 Å². The molecular formula is C14H28N2O2. The molecular weight excluding hydrogens is 228 g/mol. The van der Waals surface area contributed by atoms with Crippen LogP contribution in [0.4, 0.5) is 0 Å². The van der Waals surface area contributed by atoms with E-state index in [1.165, 1.54) is 12.8 Å². The predicted octanol–water partition coefficient (Wildman–Crippen LogP) is 0.848. The van der Waals surface area contributed by atoms with E-state index in [1.807, 2.05) is 0 Å². The van der Waals surface area contributed by atoms with Gasteiger partial charge in [-0.1, -0.05) is 6.92 Å². The molecule has 2 rings (SSSR count). The fourth-order valence-electron chi connectivity index (χ4n) is 2.81. The third kappa shape index (κ3) is 4.84. The summed E-state index contributed by atoms with van der Waals surface area (Å²) >= 11 is 0. The molecule has 1 unspecified atom stereocenters. The Morgan fingerprint density at radius 1 is 1.22 bits per heavy atom. The maximum absolute atomic E-state index is 10.1. The van der Waals surface area contributed by atoms with Gasteiger partial charge in [-0.05, 0) is 44.7 Å². The minimum atomic E-state index is -0.235. The molecule has 0 spiro atoms. The first-order valence-electron chi connectivity index (χ1n) is 7.45. The van der Waals surface area contributed by atoms with Crippen LogP contribution in [0.25, 0.3) is 0 Å². The van der Waals surface area contributed by atoms with Crippen LogP contribution in [0.5, 0.6) is 0 Å². The molecule has 0 amide bonds. The van der Waals surface area contributed by atoms with Gasteiger partial charge in [0.25, 0.3) is 0 Å².